The number of nitrogens with zero attached hydrogens (tertiary/aromatic N) is 1. The number of phenolic OH excluding ortho intramolecular Hbond substituents is 1. The van der Waals surface area contributed by atoms with Crippen LogP contribution in [0.5, 0.6) is 17.2 Å². The Kier molecular flexibility index (Phi) is 5.08. The first-order valence-electron chi connectivity index (χ1n) is 9.78. The van der Waals surface area contributed by atoms with Gasteiger partial charge in [-0.3, -0.25) is 10.1 Å². The predicted molar refractivity (Wildman–Crippen MR) is 122 cm³/mol. The fourth-order valence-electron chi connectivity index (χ4n) is 3.30. The van der Waals surface area contributed by atoms with Crippen molar-refractivity contribution in [1.29, 1.82) is 0 Å². The van der Waals surface area contributed by atoms with Gasteiger partial charge in [-0.15, -0.1) is 0 Å². The molecule has 160 valence electrons. The van der Waals surface area contributed by atoms with Crippen molar-refractivity contribution in [3.8, 4) is 28.7 Å². The number of hydrogen-bond acceptors (Lipinski definition) is 7. The number of benzene rings is 3. The van der Waals surface area contributed by atoms with Crippen molar-refractivity contribution < 1.29 is 23.8 Å². The second kappa shape index (κ2) is 8.20. The van der Waals surface area contributed by atoms with Crippen molar-refractivity contribution in [2.24, 2.45) is 0 Å². The Balaban J connectivity index is 1.27. The van der Waals surface area contributed by atoms with E-state index in [1.54, 1.807) is 30.3 Å². The predicted octanol–water partition coefficient (Wildman–Crippen LogP) is 4.10. The number of rotatable bonds is 3. The minimum Gasteiger partial charge on any atom is -0.507 e. The van der Waals surface area contributed by atoms with Crippen LogP contribution in [0.25, 0.3) is 22.6 Å². The van der Waals surface area contributed by atoms with Gasteiger partial charge in [0.1, 0.15) is 24.5 Å². The van der Waals surface area contributed by atoms with E-state index in [0.717, 1.165) is 0 Å². The number of hydrogen-bond donors (Lipinski definition) is 3. The summed E-state index contributed by atoms with van der Waals surface area (Å²) >= 11 is 5.23. The highest BCUT2D eigenvalue weighted by Gasteiger charge is 2.16. The third-order valence-electron chi connectivity index (χ3n) is 4.81. The zero-order valence-corrected chi connectivity index (χ0v) is 17.4. The molecule has 0 radical (unpaired) electrons. The van der Waals surface area contributed by atoms with Crippen molar-refractivity contribution >= 4 is 40.0 Å². The molecule has 1 aliphatic heterocycles. The highest BCUT2D eigenvalue weighted by atomic mass is 32.1. The zero-order chi connectivity index (χ0) is 22.1. The lowest BCUT2D eigenvalue weighted by molar-refractivity contribution is 0.0976. The lowest BCUT2D eigenvalue weighted by Crippen LogP contribution is -2.34. The van der Waals surface area contributed by atoms with Crippen molar-refractivity contribution in [3.63, 3.8) is 0 Å². The largest absolute Gasteiger partial charge is 0.507 e. The summed E-state index contributed by atoms with van der Waals surface area (Å²) < 4.78 is 16.7. The quantitative estimate of drug-likeness (QED) is 0.403. The molecule has 3 aromatic carbocycles. The van der Waals surface area contributed by atoms with E-state index in [4.69, 9.17) is 26.1 Å². The molecule has 0 fully saturated rings. The van der Waals surface area contributed by atoms with Crippen LogP contribution in [0, 0.1) is 0 Å². The maximum absolute atomic E-state index is 12.5. The summed E-state index contributed by atoms with van der Waals surface area (Å²) in [6.45, 7) is 0.908. The molecule has 1 aliphatic rings. The van der Waals surface area contributed by atoms with Gasteiger partial charge in [0.15, 0.2) is 22.2 Å². The van der Waals surface area contributed by atoms with Crippen LogP contribution in [0.1, 0.15) is 10.4 Å². The van der Waals surface area contributed by atoms with E-state index >= 15 is 0 Å². The van der Waals surface area contributed by atoms with Gasteiger partial charge in [-0.05, 0) is 54.7 Å². The van der Waals surface area contributed by atoms with Gasteiger partial charge in [0.25, 0.3) is 5.91 Å². The number of carbonyl (C=O) groups excluding carboxylic acids is 1. The van der Waals surface area contributed by atoms with Crippen molar-refractivity contribution in [2.75, 3.05) is 18.5 Å². The van der Waals surface area contributed by atoms with E-state index < -0.39 is 5.91 Å². The highest BCUT2D eigenvalue weighted by molar-refractivity contribution is 7.80. The summed E-state index contributed by atoms with van der Waals surface area (Å²) in [5.41, 5.74) is 2.65. The maximum Gasteiger partial charge on any atom is 0.257 e. The molecule has 1 aromatic heterocycles. The van der Waals surface area contributed by atoms with Gasteiger partial charge in [-0.1, -0.05) is 12.1 Å². The number of ether oxygens (including phenoxy) is 2. The summed E-state index contributed by atoms with van der Waals surface area (Å²) in [5.74, 6) is 0.990. The van der Waals surface area contributed by atoms with Crippen LogP contribution in [0.4, 0.5) is 5.69 Å². The summed E-state index contributed by atoms with van der Waals surface area (Å²) in [7, 11) is 0. The van der Waals surface area contributed by atoms with Gasteiger partial charge in [-0.2, -0.15) is 0 Å². The molecule has 0 atom stereocenters. The number of thiocarbonyl (C=S) groups is 1. The van der Waals surface area contributed by atoms with Gasteiger partial charge in [0, 0.05) is 17.3 Å². The van der Waals surface area contributed by atoms with E-state index in [1.807, 2.05) is 24.3 Å². The molecule has 5 rings (SSSR count). The number of fused-ring (bicyclic) bond motifs is 2. The normalized spacial score (nSPS) is 12.4. The summed E-state index contributed by atoms with van der Waals surface area (Å²) in [6.07, 6.45) is 0. The molecular weight excluding hydrogens is 430 g/mol. The van der Waals surface area contributed by atoms with E-state index in [1.165, 1.54) is 6.07 Å². The van der Waals surface area contributed by atoms with Crippen LogP contribution in [0.3, 0.4) is 0 Å². The third-order valence-corrected chi connectivity index (χ3v) is 5.02. The Morgan fingerprint density at radius 3 is 2.62 bits per heavy atom. The maximum atomic E-state index is 12.5. The topological polar surface area (TPSA) is 106 Å². The lowest BCUT2D eigenvalue weighted by Gasteiger charge is -2.18. The SMILES string of the molecule is O=C(NC(=S)Nc1ccc(-c2nc3ccccc3o2)c(O)c1)c1ccc2c(c1)OCCO2. The van der Waals surface area contributed by atoms with Crippen LogP contribution in [-0.2, 0) is 0 Å². The number of para-hydroxylation sites is 2. The monoisotopic (exact) mass is 447 g/mol. The van der Waals surface area contributed by atoms with Crippen molar-refractivity contribution in [3.05, 3.63) is 66.2 Å². The minimum atomic E-state index is -0.396. The summed E-state index contributed by atoms with van der Waals surface area (Å²) in [6, 6.07) is 17.1. The van der Waals surface area contributed by atoms with E-state index in [0.29, 0.717) is 58.5 Å². The molecule has 0 unspecified atom stereocenters. The summed E-state index contributed by atoms with van der Waals surface area (Å²) in [4.78, 5) is 16.9. The number of aromatic hydroxyl groups is 1. The fourth-order valence-corrected chi connectivity index (χ4v) is 3.51. The molecule has 8 nitrogen and oxygen atoms in total. The first kappa shape index (κ1) is 19.8. The number of amides is 1. The molecule has 4 aromatic rings. The Morgan fingerprint density at radius 1 is 1.00 bits per heavy atom. The second-order valence-corrected chi connectivity index (χ2v) is 7.39. The second-order valence-electron chi connectivity index (χ2n) is 6.99. The van der Waals surface area contributed by atoms with E-state index in [-0.39, 0.29) is 10.9 Å². The van der Waals surface area contributed by atoms with Crippen LogP contribution < -0.4 is 20.1 Å². The number of phenols is 1. The molecule has 0 spiro atoms. The molecule has 1 amide bonds. The molecule has 9 heteroatoms. The van der Waals surface area contributed by atoms with Crippen molar-refractivity contribution in [1.82, 2.24) is 10.3 Å². The molecule has 32 heavy (non-hydrogen) atoms. The average molecular weight is 447 g/mol. The molecular formula is C23H17N3O5S. The van der Waals surface area contributed by atoms with Crippen LogP contribution in [-0.4, -0.2) is 34.3 Å². The van der Waals surface area contributed by atoms with Crippen molar-refractivity contribution in [2.45, 2.75) is 0 Å². The fraction of sp³-hybridized carbons (Fsp3) is 0.0870. The zero-order valence-electron chi connectivity index (χ0n) is 16.6. The number of nitrogens with one attached hydrogen (secondary N) is 2. The molecule has 2 heterocycles. The molecule has 3 N–H and O–H groups in total. The van der Waals surface area contributed by atoms with Gasteiger partial charge >= 0.3 is 0 Å². The Morgan fingerprint density at radius 2 is 1.81 bits per heavy atom. The number of oxazole rings is 1. The minimum absolute atomic E-state index is 0.0393. The number of anilines is 1. The van der Waals surface area contributed by atoms with E-state index in [9.17, 15) is 9.90 Å². The first-order chi connectivity index (χ1) is 15.6. The highest BCUT2D eigenvalue weighted by Crippen LogP contribution is 2.33. The van der Waals surface area contributed by atoms with Gasteiger partial charge < -0.3 is 24.3 Å². The van der Waals surface area contributed by atoms with Crippen LogP contribution in [0.2, 0.25) is 0 Å². The summed E-state index contributed by atoms with van der Waals surface area (Å²) in [5, 5.41) is 16.0. The van der Waals surface area contributed by atoms with Gasteiger partial charge in [0.2, 0.25) is 5.89 Å². The molecule has 0 aliphatic carbocycles. The first-order valence-corrected chi connectivity index (χ1v) is 10.2. The van der Waals surface area contributed by atoms with E-state index in [2.05, 4.69) is 15.6 Å². The van der Waals surface area contributed by atoms with Crippen LogP contribution in [0.15, 0.2) is 65.1 Å². The standard InChI is InChI=1S/C23H17N3O5S/c27-17-12-14(6-7-15(17)22-25-16-3-1-2-4-18(16)31-22)24-23(32)26-21(28)13-5-8-19-20(11-13)30-10-9-29-19/h1-8,11-12,27H,9-10H2,(H2,24,26,28,32). The average Bonchev–Trinajstić information content (AvgIpc) is 3.22. The Bertz CT molecular complexity index is 1320. The number of carbonyl (C=O) groups is 1. The number of aromatic nitrogens is 1. The lowest BCUT2D eigenvalue weighted by atomic mass is 10.1. The third kappa shape index (κ3) is 3.93. The Hall–Kier alpha value is -4.11. The van der Waals surface area contributed by atoms with Gasteiger partial charge in [0.05, 0.1) is 5.56 Å². The molecule has 0 saturated heterocycles. The molecule has 0 saturated carbocycles. The smallest absolute Gasteiger partial charge is 0.257 e. The Labute approximate surface area is 187 Å². The molecule has 0 bridgehead atoms. The van der Waals surface area contributed by atoms with Gasteiger partial charge in [-0.25, -0.2) is 4.98 Å². The van der Waals surface area contributed by atoms with Crippen LogP contribution >= 0.6 is 12.2 Å².